The number of hydrogen-bond donors (Lipinski definition) is 1. The highest BCUT2D eigenvalue weighted by Crippen LogP contribution is 2.34. The second-order valence-electron chi connectivity index (χ2n) is 3.22. The zero-order valence-electron chi connectivity index (χ0n) is 6.76. The van der Waals surface area contributed by atoms with Gasteiger partial charge in [0.25, 0.3) is 0 Å². The van der Waals surface area contributed by atoms with Gasteiger partial charge in [-0.05, 0) is 31.4 Å². The third-order valence-electron chi connectivity index (χ3n) is 2.38. The fraction of sp³-hybridized carbons (Fsp3) is 0.556. The van der Waals surface area contributed by atoms with Crippen LogP contribution in [0.4, 0.5) is 0 Å². The predicted molar refractivity (Wildman–Crippen MR) is 43.6 cm³/mol. The molecule has 2 heteroatoms. The molecule has 11 heavy (non-hydrogen) atoms. The average Bonchev–Trinajstić information content (AvgIpc) is 2.45. The fourth-order valence-corrected chi connectivity index (χ4v) is 1.81. The molecule has 2 rings (SSSR count). The molecule has 1 aromatic heterocycles. The Hall–Kier alpha value is -0.760. The summed E-state index contributed by atoms with van der Waals surface area (Å²) in [6.45, 7) is 2.71. The fourth-order valence-electron chi connectivity index (χ4n) is 1.81. The van der Waals surface area contributed by atoms with E-state index in [2.05, 4.69) is 6.07 Å². The third kappa shape index (κ3) is 0.979. The van der Waals surface area contributed by atoms with E-state index in [1.54, 1.807) is 0 Å². The van der Waals surface area contributed by atoms with Crippen molar-refractivity contribution in [2.45, 2.75) is 25.7 Å². The maximum Gasteiger partial charge on any atom is 0.111 e. The van der Waals surface area contributed by atoms with Gasteiger partial charge in [0.1, 0.15) is 11.5 Å². The van der Waals surface area contributed by atoms with E-state index in [0.29, 0.717) is 5.92 Å². The number of aryl methyl sites for hydroxylation is 2. The summed E-state index contributed by atoms with van der Waals surface area (Å²) < 4.78 is 5.55. The first-order valence-corrected chi connectivity index (χ1v) is 4.10. The van der Waals surface area contributed by atoms with Gasteiger partial charge in [-0.1, -0.05) is 0 Å². The molecule has 0 bridgehead atoms. The lowest BCUT2D eigenvalue weighted by molar-refractivity contribution is 0.450. The lowest BCUT2D eigenvalue weighted by Gasteiger charge is -2.02. The van der Waals surface area contributed by atoms with Crippen molar-refractivity contribution in [3.63, 3.8) is 0 Å². The predicted octanol–water partition coefficient (Wildman–Crippen LogP) is 1.58. The zero-order valence-corrected chi connectivity index (χ0v) is 6.76. The Morgan fingerprint density at radius 1 is 1.73 bits per heavy atom. The van der Waals surface area contributed by atoms with Gasteiger partial charge in [-0.2, -0.15) is 0 Å². The molecular weight excluding hydrogens is 138 g/mol. The smallest absolute Gasteiger partial charge is 0.111 e. The van der Waals surface area contributed by atoms with E-state index < -0.39 is 0 Å². The molecule has 0 saturated carbocycles. The summed E-state index contributed by atoms with van der Waals surface area (Å²) in [5.74, 6) is 2.65. The third-order valence-corrected chi connectivity index (χ3v) is 2.38. The van der Waals surface area contributed by atoms with E-state index in [9.17, 15) is 0 Å². The monoisotopic (exact) mass is 151 g/mol. The van der Waals surface area contributed by atoms with Crippen LogP contribution in [0.1, 0.15) is 29.4 Å². The summed E-state index contributed by atoms with van der Waals surface area (Å²) >= 11 is 0. The van der Waals surface area contributed by atoms with Crippen molar-refractivity contribution in [2.24, 2.45) is 5.73 Å². The highest BCUT2D eigenvalue weighted by atomic mass is 16.3. The molecule has 0 saturated heterocycles. The molecule has 1 aromatic rings. The molecule has 0 radical (unpaired) electrons. The maximum absolute atomic E-state index is 5.60. The van der Waals surface area contributed by atoms with E-state index in [1.807, 2.05) is 6.92 Å². The van der Waals surface area contributed by atoms with Crippen LogP contribution in [0.5, 0.6) is 0 Å². The van der Waals surface area contributed by atoms with Gasteiger partial charge in [0, 0.05) is 12.5 Å². The topological polar surface area (TPSA) is 39.2 Å². The molecular formula is C9H13NO. The maximum atomic E-state index is 5.60. The van der Waals surface area contributed by atoms with Crippen molar-refractivity contribution in [3.8, 4) is 0 Å². The number of rotatable bonds is 1. The van der Waals surface area contributed by atoms with Gasteiger partial charge in [0.15, 0.2) is 0 Å². The van der Waals surface area contributed by atoms with E-state index in [1.165, 1.54) is 12.0 Å². The van der Waals surface area contributed by atoms with Crippen molar-refractivity contribution >= 4 is 0 Å². The van der Waals surface area contributed by atoms with Gasteiger partial charge in [-0.3, -0.25) is 0 Å². The Labute approximate surface area is 66.4 Å². The molecule has 1 atom stereocenters. The van der Waals surface area contributed by atoms with Crippen molar-refractivity contribution in [1.82, 2.24) is 0 Å². The molecule has 0 aromatic carbocycles. The van der Waals surface area contributed by atoms with Crippen LogP contribution in [0.15, 0.2) is 10.5 Å². The molecule has 1 aliphatic rings. The van der Waals surface area contributed by atoms with Crippen molar-refractivity contribution in [2.75, 3.05) is 6.54 Å². The van der Waals surface area contributed by atoms with Crippen LogP contribution >= 0.6 is 0 Å². The minimum Gasteiger partial charge on any atom is -0.466 e. The summed E-state index contributed by atoms with van der Waals surface area (Å²) in [5.41, 5.74) is 6.97. The molecule has 2 N–H and O–H groups in total. The molecule has 0 amide bonds. The Morgan fingerprint density at radius 3 is 3.27 bits per heavy atom. The SMILES string of the molecule is Cc1cc2c(o1)C(CN)CC2. The summed E-state index contributed by atoms with van der Waals surface area (Å²) in [5, 5.41) is 0. The van der Waals surface area contributed by atoms with Crippen molar-refractivity contribution in [1.29, 1.82) is 0 Å². The minimum absolute atomic E-state index is 0.485. The minimum atomic E-state index is 0.485. The van der Waals surface area contributed by atoms with Crippen LogP contribution in [-0.2, 0) is 6.42 Å². The Morgan fingerprint density at radius 2 is 2.55 bits per heavy atom. The standard InChI is InChI=1S/C9H13NO/c1-6-4-7-2-3-8(5-10)9(7)11-6/h4,8H,2-3,5,10H2,1H3. The number of fused-ring (bicyclic) bond motifs is 1. The first-order valence-electron chi connectivity index (χ1n) is 4.10. The summed E-state index contributed by atoms with van der Waals surface area (Å²) in [6.07, 6.45) is 2.32. The van der Waals surface area contributed by atoms with Crippen LogP contribution in [0.25, 0.3) is 0 Å². The molecule has 0 spiro atoms. The molecule has 0 aliphatic heterocycles. The van der Waals surface area contributed by atoms with Crippen molar-refractivity contribution in [3.05, 3.63) is 23.2 Å². The Kier molecular flexibility index (Phi) is 1.50. The largest absolute Gasteiger partial charge is 0.466 e. The quantitative estimate of drug-likeness (QED) is 0.661. The van der Waals surface area contributed by atoms with E-state index >= 15 is 0 Å². The summed E-state index contributed by atoms with van der Waals surface area (Å²) in [6, 6.07) is 2.13. The second kappa shape index (κ2) is 2.38. The highest BCUT2D eigenvalue weighted by Gasteiger charge is 2.25. The van der Waals surface area contributed by atoms with E-state index in [-0.39, 0.29) is 0 Å². The van der Waals surface area contributed by atoms with Crippen LogP contribution in [0.2, 0.25) is 0 Å². The molecule has 60 valence electrons. The molecule has 1 aliphatic carbocycles. The second-order valence-corrected chi connectivity index (χ2v) is 3.22. The van der Waals surface area contributed by atoms with Gasteiger partial charge in [0.2, 0.25) is 0 Å². The summed E-state index contributed by atoms with van der Waals surface area (Å²) in [4.78, 5) is 0. The number of hydrogen-bond acceptors (Lipinski definition) is 2. The van der Waals surface area contributed by atoms with Crippen LogP contribution in [0.3, 0.4) is 0 Å². The van der Waals surface area contributed by atoms with Gasteiger partial charge >= 0.3 is 0 Å². The zero-order chi connectivity index (χ0) is 7.84. The normalized spacial score (nSPS) is 22.2. The lowest BCUT2D eigenvalue weighted by atomic mass is 10.1. The average molecular weight is 151 g/mol. The molecule has 1 heterocycles. The number of nitrogens with two attached hydrogens (primary N) is 1. The van der Waals surface area contributed by atoms with Crippen LogP contribution in [0, 0.1) is 6.92 Å². The summed E-state index contributed by atoms with van der Waals surface area (Å²) in [7, 11) is 0. The molecule has 2 nitrogen and oxygen atoms in total. The first-order chi connectivity index (χ1) is 5.31. The van der Waals surface area contributed by atoms with Crippen molar-refractivity contribution < 1.29 is 4.42 Å². The Balaban J connectivity index is 2.37. The Bertz CT molecular complexity index is 265. The van der Waals surface area contributed by atoms with Crippen LogP contribution < -0.4 is 5.73 Å². The van der Waals surface area contributed by atoms with E-state index in [0.717, 1.165) is 24.5 Å². The lowest BCUT2D eigenvalue weighted by Crippen LogP contribution is -2.08. The van der Waals surface area contributed by atoms with E-state index in [4.69, 9.17) is 10.2 Å². The number of furan rings is 1. The van der Waals surface area contributed by atoms with Crippen LogP contribution in [-0.4, -0.2) is 6.54 Å². The van der Waals surface area contributed by atoms with Gasteiger partial charge < -0.3 is 10.2 Å². The highest BCUT2D eigenvalue weighted by molar-refractivity contribution is 5.29. The molecule has 0 fully saturated rings. The van der Waals surface area contributed by atoms with Gasteiger partial charge in [0.05, 0.1) is 0 Å². The van der Waals surface area contributed by atoms with Gasteiger partial charge in [-0.15, -0.1) is 0 Å². The van der Waals surface area contributed by atoms with Gasteiger partial charge in [-0.25, -0.2) is 0 Å². The molecule has 1 unspecified atom stereocenters. The first kappa shape index (κ1) is 6.92.